The quantitative estimate of drug-likeness (QED) is 0.353. The molecular weight excluding hydrogens is 308 g/mol. The molecule has 0 N–H and O–H groups in total. The van der Waals surface area contributed by atoms with E-state index in [1.165, 1.54) is 0 Å². The van der Waals surface area contributed by atoms with Crippen LogP contribution in [0, 0.1) is 23.7 Å². The minimum Gasteiger partial charge on any atom is -0.539 e. The molecule has 1 saturated heterocycles. The molecule has 6 atom stereocenters. The van der Waals surface area contributed by atoms with E-state index in [4.69, 9.17) is 14.2 Å². The molecule has 0 aromatic heterocycles. The van der Waals surface area contributed by atoms with E-state index in [0.717, 1.165) is 0 Å². The third kappa shape index (κ3) is 2.46. The Morgan fingerprint density at radius 1 is 1.22 bits per heavy atom. The predicted octanol–water partition coefficient (Wildman–Crippen LogP) is -1.20. The zero-order valence-electron chi connectivity index (χ0n) is 12.9. The summed E-state index contributed by atoms with van der Waals surface area (Å²) in [5.74, 6) is -6.72. The molecule has 2 bridgehead atoms. The van der Waals surface area contributed by atoms with E-state index in [1.54, 1.807) is 20.8 Å². The lowest BCUT2D eigenvalue weighted by Crippen LogP contribution is -2.47. The Labute approximate surface area is 132 Å². The molecule has 6 unspecified atom stereocenters. The second-order valence-electron chi connectivity index (χ2n) is 7.21. The highest BCUT2D eigenvalue weighted by Crippen LogP contribution is 2.59. The minimum atomic E-state index is -1.97. The molecular formula is C15H17O8-. The molecule has 3 rings (SSSR count). The maximum Gasteiger partial charge on any atom is 0.354 e. The smallest absolute Gasteiger partial charge is 0.354 e. The maximum absolute atomic E-state index is 12.5. The van der Waals surface area contributed by atoms with Gasteiger partial charge in [0.15, 0.2) is 5.97 Å². The van der Waals surface area contributed by atoms with Crippen molar-refractivity contribution in [3.63, 3.8) is 0 Å². The van der Waals surface area contributed by atoms with Crippen LogP contribution in [0.3, 0.4) is 0 Å². The highest BCUT2D eigenvalue weighted by atomic mass is 16.6. The lowest BCUT2D eigenvalue weighted by atomic mass is 9.78. The largest absolute Gasteiger partial charge is 0.539 e. The van der Waals surface area contributed by atoms with Crippen LogP contribution in [-0.4, -0.2) is 41.7 Å². The van der Waals surface area contributed by atoms with E-state index in [1.807, 2.05) is 0 Å². The lowest BCUT2D eigenvalue weighted by Gasteiger charge is -2.32. The van der Waals surface area contributed by atoms with E-state index in [2.05, 4.69) is 0 Å². The van der Waals surface area contributed by atoms with Crippen molar-refractivity contribution < 1.29 is 38.5 Å². The van der Waals surface area contributed by atoms with Gasteiger partial charge in [0.25, 0.3) is 0 Å². The van der Waals surface area contributed by atoms with Gasteiger partial charge in [-0.05, 0) is 27.2 Å². The molecule has 8 nitrogen and oxygen atoms in total. The summed E-state index contributed by atoms with van der Waals surface area (Å²) in [5, 5.41) is 10.6. The molecule has 0 amide bonds. The molecule has 0 radical (unpaired) electrons. The molecule has 3 fully saturated rings. The number of hydrogen-bond acceptors (Lipinski definition) is 8. The van der Waals surface area contributed by atoms with Crippen LogP contribution in [0.2, 0.25) is 0 Å². The number of carboxylic acid groups (broad SMARTS) is 1. The Bertz CT molecular complexity index is 589. The van der Waals surface area contributed by atoms with E-state index < -0.39 is 59.4 Å². The number of ether oxygens (including phenoxy) is 3. The summed E-state index contributed by atoms with van der Waals surface area (Å²) in [6, 6.07) is 0. The summed E-state index contributed by atoms with van der Waals surface area (Å²) < 4.78 is 15.5. The van der Waals surface area contributed by atoms with Crippen molar-refractivity contribution >= 4 is 23.9 Å². The van der Waals surface area contributed by atoms with E-state index in [9.17, 15) is 24.3 Å². The van der Waals surface area contributed by atoms with Crippen LogP contribution in [-0.2, 0) is 33.4 Å². The van der Waals surface area contributed by atoms with Gasteiger partial charge in [0.1, 0.15) is 17.8 Å². The molecule has 126 valence electrons. The number of carbonyl (C=O) groups excluding carboxylic acids is 4. The fourth-order valence-electron chi connectivity index (χ4n) is 4.01. The summed E-state index contributed by atoms with van der Waals surface area (Å²) in [6.07, 6.45) is -1.19. The normalized spacial score (nSPS) is 37.4. The van der Waals surface area contributed by atoms with Gasteiger partial charge in [-0.3, -0.25) is 9.59 Å². The highest BCUT2D eigenvalue weighted by molar-refractivity contribution is 6.27. The molecule has 3 aliphatic rings. The Morgan fingerprint density at radius 2 is 1.87 bits per heavy atom. The van der Waals surface area contributed by atoms with Crippen LogP contribution in [0.5, 0.6) is 0 Å². The topological polar surface area (TPSA) is 119 Å². The number of rotatable bonds is 2. The van der Waals surface area contributed by atoms with Gasteiger partial charge in [-0.2, -0.15) is 0 Å². The van der Waals surface area contributed by atoms with Gasteiger partial charge in [0.05, 0.1) is 11.8 Å². The Kier molecular flexibility index (Phi) is 3.38. The third-order valence-corrected chi connectivity index (χ3v) is 4.63. The third-order valence-electron chi connectivity index (χ3n) is 4.63. The van der Waals surface area contributed by atoms with Crippen LogP contribution in [0.1, 0.15) is 27.2 Å². The number of fused-ring (bicyclic) bond motifs is 1. The van der Waals surface area contributed by atoms with Crippen molar-refractivity contribution in [1.29, 1.82) is 0 Å². The average Bonchev–Trinajstić information content (AvgIpc) is 2.99. The Balaban J connectivity index is 1.84. The average molecular weight is 325 g/mol. The van der Waals surface area contributed by atoms with Gasteiger partial charge >= 0.3 is 17.9 Å². The minimum absolute atomic E-state index is 0.260. The van der Waals surface area contributed by atoms with Gasteiger partial charge < -0.3 is 24.1 Å². The zero-order chi connectivity index (χ0) is 17.1. The van der Waals surface area contributed by atoms with Crippen LogP contribution in [0.15, 0.2) is 0 Å². The van der Waals surface area contributed by atoms with Crippen molar-refractivity contribution in [2.24, 2.45) is 23.7 Å². The fourth-order valence-corrected chi connectivity index (χ4v) is 4.01. The number of aliphatic carboxylic acids is 1. The van der Waals surface area contributed by atoms with E-state index >= 15 is 0 Å². The summed E-state index contributed by atoms with van der Waals surface area (Å²) in [6.45, 7) is 5.13. The van der Waals surface area contributed by atoms with Crippen LogP contribution < -0.4 is 5.11 Å². The molecule has 1 aliphatic heterocycles. The molecule has 2 saturated carbocycles. The van der Waals surface area contributed by atoms with Crippen molar-refractivity contribution in [1.82, 2.24) is 0 Å². The van der Waals surface area contributed by atoms with E-state index in [0.29, 0.717) is 6.42 Å². The standard InChI is InChI=1S/C15H18O8/c1-15(2,3)23-13(19)8-6-4-5-7(8)12(18)21-9(5)10(6)22-14(20)11(16)17/h5-10H,4H2,1-3H3,(H,16,17)/p-1. The fraction of sp³-hybridized carbons (Fsp3) is 0.733. The first-order valence-electron chi connectivity index (χ1n) is 7.45. The number of carboxylic acids is 1. The zero-order valence-corrected chi connectivity index (χ0v) is 12.9. The van der Waals surface area contributed by atoms with Crippen LogP contribution >= 0.6 is 0 Å². The van der Waals surface area contributed by atoms with Gasteiger partial charge in [0, 0.05) is 11.8 Å². The highest BCUT2D eigenvalue weighted by Gasteiger charge is 2.70. The Hall–Kier alpha value is -2.12. The molecule has 0 aromatic carbocycles. The van der Waals surface area contributed by atoms with Crippen molar-refractivity contribution in [2.75, 3.05) is 0 Å². The summed E-state index contributed by atoms with van der Waals surface area (Å²) in [7, 11) is 0. The summed E-state index contributed by atoms with van der Waals surface area (Å²) in [4.78, 5) is 46.4. The second kappa shape index (κ2) is 4.94. The van der Waals surface area contributed by atoms with E-state index in [-0.39, 0.29) is 5.92 Å². The predicted molar refractivity (Wildman–Crippen MR) is 69.2 cm³/mol. The number of carbonyl (C=O) groups is 4. The van der Waals surface area contributed by atoms with Gasteiger partial charge in [-0.25, -0.2) is 4.79 Å². The van der Waals surface area contributed by atoms with Crippen molar-refractivity contribution in [3.05, 3.63) is 0 Å². The molecule has 0 spiro atoms. The first kappa shape index (κ1) is 15.8. The molecule has 2 aliphatic carbocycles. The summed E-state index contributed by atoms with van der Waals surface area (Å²) >= 11 is 0. The van der Waals surface area contributed by atoms with Crippen molar-refractivity contribution in [2.45, 2.75) is 45.0 Å². The molecule has 23 heavy (non-hydrogen) atoms. The maximum atomic E-state index is 12.5. The number of hydrogen-bond donors (Lipinski definition) is 0. The van der Waals surface area contributed by atoms with Gasteiger partial charge in [-0.1, -0.05) is 0 Å². The second-order valence-corrected chi connectivity index (χ2v) is 7.21. The number of esters is 3. The van der Waals surface area contributed by atoms with Crippen LogP contribution in [0.4, 0.5) is 0 Å². The molecule has 0 aromatic rings. The first-order chi connectivity index (χ1) is 10.6. The van der Waals surface area contributed by atoms with Crippen molar-refractivity contribution in [3.8, 4) is 0 Å². The Morgan fingerprint density at radius 3 is 2.43 bits per heavy atom. The van der Waals surface area contributed by atoms with Crippen LogP contribution in [0.25, 0.3) is 0 Å². The SMILES string of the molecule is CC(C)(C)OC(=O)C1C2CC3C(OC(=O)C31)C2OC(=O)C(=O)[O-]. The molecule has 1 heterocycles. The lowest BCUT2D eigenvalue weighted by molar-refractivity contribution is -0.304. The molecule has 8 heteroatoms. The first-order valence-corrected chi connectivity index (χ1v) is 7.45. The van der Waals surface area contributed by atoms with Gasteiger partial charge in [-0.15, -0.1) is 0 Å². The monoisotopic (exact) mass is 325 g/mol. The summed E-state index contributed by atoms with van der Waals surface area (Å²) in [5.41, 5.74) is -0.724. The van der Waals surface area contributed by atoms with Gasteiger partial charge in [0.2, 0.25) is 0 Å².